The monoisotopic (exact) mass is 352 g/mol. The Morgan fingerprint density at radius 1 is 1.15 bits per heavy atom. The van der Waals surface area contributed by atoms with Crippen LogP contribution < -0.4 is 10.6 Å². The fourth-order valence-electron chi connectivity index (χ4n) is 3.18. The first-order valence-corrected chi connectivity index (χ1v) is 8.81. The first-order chi connectivity index (χ1) is 12.7. The van der Waals surface area contributed by atoms with Crippen molar-refractivity contribution in [3.05, 3.63) is 65.6 Å². The van der Waals surface area contributed by atoms with E-state index in [0.717, 1.165) is 48.7 Å². The molecule has 0 radical (unpaired) electrons. The van der Waals surface area contributed by atoms with E-state index in [1.54, 1.807) is 23.1 Å². The van der Waals surface area contributed by atoms with Crippen molar-refractivity contribution < 1.29 is 4.39 Å². The Bertz CT molecular complexity index is 889. The summed E-state index contributed by atoms with van der Waals surface area (Å²) in [4.78, 5) is 8.89. The molecule has 1 atom stereocenters. The number of nitrogens with one attached hydrogen (secondary N) is 2. The average molecular weight is 352 g/mol. The predicted molar refractivity (Wildman–Crippen MR) is 97.9 cm³/mol. The van der Waals surface area contributed by atoms with E-state index in [1.807, 2.05) is 12.4 Å². The van der Waals surface area contributed by atoms with Gasteiger partial charge in [-0.25, -0.2) is 19.0 Å². The van der Waals surface area contributed by atoms with E-state index in [0.29, 0.717) is 0 Å². The van der Waals surface area contributed by atoms with E-state index in [1.165, 1.54) is 17.7 Å². The lowest BCUT2D eigenvalue weighted by molar-refractivity contribution is 0.627. The highest BCUT2D eigenvalue weighted by Crippen LogP contribution is 2.24. The van der Waals surface area contributed by atoms with Crippen LogP contribution in [0.5, 0.6) is 0 Å². The molecule has 134 valence electrons. The molecule has 1 aliphatic rings. The zero-order chi connectivity index (χ0) is 17.9. The fraction of sp³-hybridized carbons (Fsp3) is 0.316. The highest BCUT2D eigenvalue weighted by atomic mass is 19.1. The minimum Gasteiger partial charge on any atom is -0.363 e. The van der Waals surface area contributed by atoms with Crippen molar-refractivity contribution in [1.82, 2.24) is 25.1 Å². The second kappa shape index (κ2) is 7.21. The van der Waals surface area contributed by atoms with Crippen LogP contribution in [0, 0.1) is 5.82 Å². The number of nitrogens with zero attached hydrogens (tertiary/aromatic N) is 4. The molecule has 0 unspecified atom stereocenters. The van der Waals surface area contributed by atoms with Gasteiger partial charge in [0.25, 0.3) is 0 Å². The van der Waals surface area contributed by atoms with E-state index in [-0.39, 0.29) is 11.9 Å². The van der Waals surface area contributed by atoms with E-state index < -0.39 is 0 Å². The third-order valence-electron chi connectivity index (χ3n) is 4.67. The number of rotatable bonds is 4. The van der Waals surface area contributed by atoms with E-state index in [2.05, 4.69) is 32.6 Å². The zero-order valence-electron chi connectivity index (χ0n) is 14.6. The van der Waals surface area contributed by atoms with Crippen molar-refractivity contribution in [2.24, 2.45) is 0 Å². The van der Waals surface area contributed by atoms with Gasteiger partial charge in [0.1, 0.15) is 18.0 Å². The lowest BCUT2D eigenvalue weighted by Crippen LogP contribution is -2.16. The summed E-state index contributed by atoms with van der Waals surface area (Å²) in [6.45, 7) is 3.96. The molecular formula is C19H21FN6. The first-order valence-electron chi connectivity index (χ1n) is 8.81. The van der Waals surface area contributed by atoms with Gasteiger partial charge in [-0.3, -0.25) is 0 Å². The Balaban J connectivity index is 1.54. The van der Waals surface area contributed by atoms with Gasteiger partial charge in [0.2, 0.25) is 0 Å². The summed E-state index contributed by atoms with van der Waals surface area (Å²) < 4.78 is 14.8. The van der Waals surface area contributed by atoms with Crippen LogP contribution in [-0.2, 0) is 12.8 Å². The molecule has 2 N–H and O–H groups in total. The number of anilines is 1. The van der Waals surface area contributed by atoms with E-state index in [9.17, 15) is 4.39 Å². The lowest BCUT2D eigenvalue weighted by Gasteiger charge is -2.16. The number of aromatic nitrogens is 4. The normalized spacial score (nSPS) is 15.2. The van der Waals surface area contributed by atoms with E-state index >= 15 is 0 Å². The Kier molecular flexibility index (Phi) is 4.62. The summed E-state index contributed by atoms with van der Waals surface area (Å²) in [6.07, 6.45) is 7.24. The smallest absolute Gasteiger partial charge is 0.133 e. The van der Waals surface area contributed by atoms with Crippen molar-refractivity contribution in [2.45, 2.75) is 25.8 Å². The molecule has 0 bridgehead atoms. The van der Waals surface area contributed by atoms with Crippen molar-refractivity contribution >= 4 is 5.82 Å². The number of benzene rings is 1. The summed E-state index contributed by atoms with van der Waals surface area (Å²) in [5.74, 6) is 0.635. The van der Waals surface area contributed by atoms with Crippen molar-refractivity contribution in [1.29, 1.82) is 0 Å². The average Bonchev–Trinajstić information content (AvgIpc) is 3.01. The fourth-order valence-corrected chi connectivity index (χ4v) is 3.18. The topological polar surface area (TPSA) is 67.7 Å². The van der Waals surface area contributed by atoms with E-state index in [4.69, 9.17) is 0 Å². The molecule has 0 aliphatic carbocycles. The van der Waals surface area contributed by atoms with Crippen LogP contribution in [0.4, 0.5) is 10.2 Å². The van der Waals surface area contributed by atoms with Crippen molar-refractivity contribution in [3.63, 3.8) is 0 Å². The van der Waals surface area contributed by atoms with Gasteiger partial charge >= 0.3 is 0 Å². The highest BCUT2D eigenvalue weighted by Gasteiger charge is 2.17. The molecule has 0 spiro atoms. The van der Waals surface area contributed by atoms with Gasteiger partial charge in [-0.2, -0.15) is 5.10 Å². The molecule has 3 aromatic rings. The van der Waals surface area contributed by atoms with Gasteiger partial charge in [-0.1, -0.05) is 0 Å². The molecule has 0 fully saturated rings. The molecule has 0 saturated carbocycles. The van der Waals surface area contributed by atoms with Crippen molar-refractivity contribution in [2.75, 3.05) is 18.4 Å². The van der Waals surface area contributed by atoms with Crippen LogP contribution in [0.15, 0.2) is 43.0 Å². The van der Waals surface area contributed by atoms with Crippen LogP contribution in [-0.4, -0.2) is 32.8 Å². The van der Waals surface area contributed by atoms with Gasteiger partial charge in [-0.05, 0) is 44.2 Å². The van der Waals surface area contributed by atoms with Gasteiger partial charge in [0.15, 0.2) is 0 Å². The van der Waals surface area contributed by atoms with Crippen LogP contribution >= 0.6 is 0 Å². The maximum atomic E-state index is 13.1. The van der Waals surface area contributed by atoms with Gasteiger partial charge in [0.05, 0.1) is 23.6 Å². The molecule has 4 rings (SSSR count). The van der Waals surface area contributed by atoms with Gasteiger partial charge in [-0.15, -0.1) is 0 Å². The third-order valence-corrected chi connectivity index (χ3v) is 4.67. The summed E-state index contributed by atoms with van der Waals surface area (Å²) in [7, 11) is 0. The highest BCUT2D eigenvalue weighted by molar-refractivity contribution is 5.48. The van der Waals surface area contributed by atoms with Crippen LogP contribution in [0.3, 0.4) is 0 Å². The Morgan fingerprint density at radius 2 is 1.96 bits per heavy atom. The summed E-state index contributed by atoms with van der Waals surface area (Å²) in [5, 5.41) is 11.3. The Morgan fingerprint density at radius 3 is 2.81 bits per heavy atom. The SMILES string of the molecule is C[C@@H](Nc1ncnc2c1CCNCC2)c1cnn(-c2ccc(F)cc2)c1. The zero-order valence-corrected chi connectivity index (χ0v) is 14.6. The quantitative estimate of drug-likeness (QED) is 0.756. The van der Waals surface area contributed by atoms with Gasteiger partial charge in [0, 0.05) is 30.3 Å². The maximum absolute atomic E-state index is 13.1. The largest absolute Gasteiger partial charge is 0.363 e. The molecule has 26 heavy (non-hydrogen) atoms. The molecule has 6 nitrogen and oxygen atoms in total. The standard InChI is InChI=1S/C19H21FN6/c1-13(14-10-24-26(11-14)16-4-2-15(20)3-5-16)25-19-17-6-8-21-9-7-18(17)22-12-23-19/h2-5,10-13,21H,6-9H2,1H3,(H,22,23,25)/t13-/m1/s1. The van der Waals surface area contributed by atoms with Gasteiger partial charge < -0.3 is 10.6 Å². The number of hydrogen-bond donors (Lipinski definition) is 2. The van der Waals surface area contributed by atoms with Crippen LogP contribution in [0.1, 0.15) is 29.8 Å². The number of hydrogen-bond acceptors (Lipinski definition) is 5. The number of halogens is 1. The lowest BCUT2D eigenvalue weighted by atomic mass is 10.1. The second-order valence-electron chi connectivity index (χ2n) is 6.46. The Labute approximate surface area is 151 Å². The molecule has 0 amide bonds. The first kappa shape index (κ1) is 16.7. The summed E-state index contributed by atoms with van der Waals surface area (Å²) in [5.41, 5.74) is 4.16. The molecule has 7 heteroatoms. The predicted octanol–water partition coefficient (Wildman–Crippen LogP) is 2.66. The molecule has 0 saturated heterocycles. The molecule has 1 aromatic carbocycles. The number of fused-ring (bicyclic) bond motifs is 1. The summed E-state index contributed by atoms with van der Waals surface area (Å²) >= 11 is 0. The third kappa shape index (κ3) is 3.43. The maximum Gasteiger partial charge on any atom is 0.133 e. The van der Waals surface area contributed by atoms with Crippen LogP contribution in [0.25, 0.3) is 5.69 Å². The second-order valence-corrected chi connectivity index (χ2v) is 6.46. The van der Waals surface area contributed by atoms with Crippen LogP contribution in [0.2, 0.25) is 0 Å². The summed E-state index contributed by atoms with van der Waals surface area (Å²) in [6, 6.07) is 6.33. The molecule has 3 heterocycles. The Hall–Kier alpha value is -2.80. The minimum absolute atomic E-state index is 0.0411. The van der Waals surface area contributed by atoms with Crippen molar-refractivity contribution in [3.8, 4) is 5.69 Å². The molecule has 2 aromatic heterocycles. The molecule has 1 aliphatic heterocycles. The molecular weight excluding hydrogens is 331 g/mol. The minimum atomic E-state index is -0.255.